The first kappa shape index (κ1) is 22.3. The molecular weight excluding hydrogens is 400 g/mol. The SMILES string of the molecule is CCc1ccc(NC(=O)C(Cc2ccccc2)N2C(=O)C3CCC(C)(C2=O)C3(C)C)cc1. The van der Waals surface area contributed by atoms with Gasteiger partial charge in [-0.1, -0.05) is 70.2 Å². The highest BCUT2D eigenvalue weighted by Crippen LogP contribution is 2.60. The molecule has 2 bridgehead atoms. The first-order valence-corrected chi connectivity index (χ1v) is 11.5. The maximum Gasteiger partial charge on any atom is 0.248 e. The average molecular weight is 433 g/mol. The molecule has 2 aromatic rings. The topological polar surface area (TPSA) is 66.5 Å². The molecule has 168 valence electrons. The predicted molar refractivity (Wildman–Crippen MR) is 125 cm³/mol. The zero-order valence-electron chi connectivity index (χ0n) is 19.4. The summed E-state index contributed by atoms with van der Waals surface area (Å²) < 4.78 is 0. The van der Waals surface area contributed by atoms with Crippen LogP contribution >= 0.6 is 0 Å². The number of amides is 3. The highest BCUT2D eigenvalue weighted by molar-refractivity contribution is 6.09. The summed E-state index contributed by atoms with van der Waals surface area (Å²) in [5, 5.41) is 2.95. The van der Waals surface area contributed by atoms with Crippen LogP contribution in [0.25, 0.3) is 0 Å². The van der Waals surface area contributed by atoms with E-state index >= 15 is 0 Å². The van der Waals surface area contributed by atoms with Crippen LogP contribution < -0.4 is 5.32 Å². The Bertz CT molecular complexity index is 1030. The lowest BCUT2D eigenvalue weighted by Crippen LogP contribution is -2.64. The molecule has 1 saturated carbocycles. The van der Waals surface area contributed by atoms with Crippen LogP contribution in [0, 0.1) is 16.7 Å². The Hall–Kier alpha value is -2.95. The van der Waals surface area contributed by atoms with Gasteiger partial charge in [0.05, 0.1) is 5.41 Å². The zero-order valence-corrected chi connectivity index (χ0v) is 19.4. The number of fused-ring (bicyclic) bond motifs is 2. The van der Waals surface area contributed by atoms with Gasteiger partial charge < -0.3 is 5.32 Å². The van der Waals surface area contributed by atoms with Crippen LogP contribution in [0.2, 0.25) is 0 Å². The summed E-state index contributed by atoms with van der Waals surface area (Å²) in [5.41, 5.74) is 1.69. The van der Waals surface area contributed by atoms with Crippen LogP contribution in [0.15, 0.2) is 54.6 Å². The quantitative estimate of drug-likeness (QED) is 0.678. The molecule has 3 amide bonds. The Labute approximate surface area is 190 Å². The van der Waals surface area contributed by atoms with Gasteiger partial charge in [-0.25, -0.2) is 0 Å². The number of rotatable bonds is 6. The average Bonchev–Trinajstić information content (AvgIpc) is 2.97. The van der Waals surface area contributed by atoms with Crippen molar-refractivity contribution in [2.75, 3.05) is 5.32 Å². The van der Waals surface area contributed by atoms with Gasteiger partial charge >= 0.3 is 0 Å². The fraction of sp³-hybridized carbons (Fsp3) is 0.444. The van der Waals surface area contributed by atoms with E-state index in [4.69, 9.17) is 0 Å². The third-order valence-corrected chi connectivity index (χ3v) is 7.97. The van der Waals surface area contributed by atoms with Crippen molar-refractivity contribution >= 4 is 23.4 Å². The van der Waals surface area contributed by atoms with E-state index < -0.39 is 16.9 Å². The monoisotopic (exact) mass is 432 g/mol. The van der Waals surface area contributed by atoms with Crippen molar-refractivity contribution < 1.29 is 14.4 Å². The number of anilines is 1. The fourth-order valence-corrected chi connectivity index (χ4v) is 5.33. The maximum atomic E-state index is 13.7. The minimum absolute atomic E-state index is 0.215. The number of carbonyl (C=O) groups excluding carboxylic acids is 3. The molecule has 2 aliphatic rings. The number of imide groups is 1. The molecule has 5 nitrogen and oxygen atoms in total. The van der Waals surface area contributed by atoms with Crippen molar-refractivity contribution in [3.8, 4) is 0 Å². The number of carbonyl (C=O) groups is 3. The Morgan fingerprint density at radius 3 is 2.31 bits per heavy atom. The third-order valence-electron chi connectivity index (χ3n) is 7.97. The molecule has 1 heterocycles. The number of aryl methyl sites for hydroxylation is 1. The number of likely N-dealkylation sites (tertiary alicyclic amines) is 1. The number of piperidine rings is 1. The third kappa shape index (κ3) is 3.54. The van der Waals surface area contributed by atoms with Crippen LogP contribution in [0.3, 0.4) is 0 Å². The summed E-state index contributed by atoms with van der Waals surface area (Å²) in [6.07, 6.45) is 2.56. The number of hydrogen-bond acceptors (Lipinski definition) is 3. The van der Waals surface area contributed by atoms with Gasteiger partial charge in [0.1, 0.15) is 6.04 Å². The first-order valence-electron chi connectivity index (χ1n) is 11.5. The largest absolute Gasteiger partial charge is 0.324 e. The maximum absolute atomic E-state index is 13.7. The summed E-state index contributed by atoms with van der Waals surface area (Å²) in [6.45, 7) is 8.06. The van der Waals surface area contributed by atoms with E-state index in [1.807, 2.05) is 75.4 Å². The number of benzene rings is 2. The first-order chi connectivity index (χ1) is 15.2. The molecule has 3 unspecified atom stereocenters. The summed E-state index contributed by atoms with van der Waals surface area (Å²) in [5.74, 6) is -1.02. The summed E-state index contributed by atoms with van der Waals surface area (Å²) in [7, 11) is 0. The van der Waals surface area contributed by atoms with Gasteiger partial charge in [-0.2, -0.15) is 0 Å². The van der Waals surface area contributed by atoms with E-state index in [-0.39, 0.29) is 23.6 Å². The molecule has 1 aliphatic carbocycles. The van der Waals surface area contributed by atoms with E-state index in [1.54, 1.807) is 0 Å². The highest BCUT2D eigenvalue weighted by atomic mass is 16.2. The summed E-state index contributed by atoms with van der Waals surface area (Å²) >= 11 is 0. The molecule has 0 radical (unpaired) electrons. The van der Waals surface area contributed by atoms with Crippen LogP contribution in [0.5, 0.6) is 0 Å². The van der Waals surface area contributed by atoms with E-state index in [0.29, 0.717) is 24.9 Å². The van der Waals surface area contributed by atoms with E-state index in [2.05, 4.69) is 12.2 Å². The molecule has 5 heteroatoms. The van der Waals surface area contributed by atoms with Crippen LogP contribution in [0.4, 0.5) is 5.69 Å². The molecular formula is C27H32N2O3. The van der Waals surface area contributed by atoms with Gasteiger partial charge in [0.2, 0.25) is 17.7 Å². The van der Waals surface area contributed by atoms with Gasteiger partial charge in [-0.3, -0.25) is 19.3 Å². The van der Waals surface area contributed by atoms with Gasteiger partial charge in [0.25, 0.3) is 0 Å². The lowest BCUT2D eigenvalue weighted by molar-refractivity contribution is -0.172. The second-order valence-corrected chi connectivity index (χ2v) is 9.90. The van der Waals surface area contributed by atoms with Crippen molar-refractivity contribution in [3.05, 3.63) is 65.7 Å². The molecule has 0 aromatic heterocycles. The van der Waals surface area contributed by atoms with Crippen LogP contribution in [0.1, 0.15) is 51.7 Å². The summed E-state index contributed by atoms with van der Waals surface area (Å²) in [4.78, 5) is 42.1. The van der Waals surface area contributed by atoms with Crippen molar-refractivity contribution in [2.45, 2.75) is 59.4 Å². The second-order valence-electron chi connectivity index (χ2n) is 9.90. The van der Waals surface area contributed by atoms with Crippen molar-refractivity contribution in [3.63, 3.8) is 0 Å². The molecule has 1 saturated heterocycles. The van der Waals surface area contributed by atoms with Crippen LogP contribution in [-0.4, -0.2) is 28.7 Å². The Kier molecular flexibility index (Phi) is 5.70. The number of nitrogens with one attached hydrogen (secondary N) is 1. The lowest BCUT2D eigenvalue weighted by atomic mass is 9.62. The van der Waals surface area contributed by atoms with Gasteiger partial charge in [-0.05, 0) is 47.9 Å². The second kappa shape index (κ2) is 8.19. The molecule has 1 N–H and O–H groups in total. The van der Waals surface area contributed by atoms with Crippen molar-refractivity contribution in [2.24, 2.45) is 16.7 Å². The minimum Gasteiger partial charge on any atom is -0.324 e. The fourth-order valence-electron chi connectivity index (χ4n) is 5.33. The van der Waals surface area contributed by atoms with Gasteiger partial charge in [0, 0.05) is 18.0 Å². The standard InChI is InChI=1S/C27H32N2O3/c1-5-18-11-13-20(14-12-18)28-23(30)22(17-19-9-7-6-8-10-19)29-24(31)21-15-16-27(4,25(29)32)26(21,2)3/h6-14,21-22H,5,15-17H2,1-4H3,(H,28,30). The molecule has 3 atom stereocenters. The Morgan fingerprint density at radius 1 is 1.03 bits per heavy atom. The Balaban J connectivity index is 1.68. The van der Waals surface area contributed by atoms with E-state index in [0.717, 1.165) is 12.0 Å². The van der Waals surface area contributed by atoms with Crippen molar-refractivity contribution in [1.29, 1.82) is 0 Å². The predicted octanol–water partition coefficient (Wildman–Crippen LogP) is 4.61. The zero-order chi connectivity index (χ0) is 23.1. The molecule has 0 spiro atoms. The van der Waals surface area contributed by atoms with Crippen LogP contribution in [-0.2, 0) is 27.2 Å². The van der Waals surface area contributed by atoms with Gasteiger partial charge in [-0.15, -0.1) is 0 Å². The van der Waals surface area contributed by atoms with Crippen molar-refractivity contribution in [1.82, 2.24) is 4.90 Å². The van der Waals surface area contributed by atoms with E-state index in [1.165, 1.54) is 10.5 Å². The molecule has 4 rings (SSSR count). The molecule has 32 heavy (non-hydrogen) atoms. The highest BCUT2D eigenvalue weighted by Gasteiger charge is 2.65. The van der Waals surface area contributed by atoms with Gasteiger partial charge in [0.15, 0.2) is 0 Å². The number of hydrogen-bond donors (Lipinski definition) is 1. The minimum atomic E-state index is -0.890. The van der Waals surface area contributed by atoms with E-state index in [9.17, 15) is 14.4 Å². The Morgan fingerprint density at radius 2 is 1.69 bits per heavy atom. The number of nitrogens with zero attached hydrogens (tertiary/aromatic N) is 1. The molecule has 2 fully saturated rings. The molecule has 1 aliphatic heterocycles. The normalized spacial score (nSPS) is 25.0. The molecule has 2 aromatic carbocycles. The smallest absolute Gasteiger partial charge is 0.248 e. The lowest BCUT2D eigenvalue weighted by Gasteiger charge is -2.49. The summed E-state index contributed by atoms with van der Waals surface area (Å²) in [6, 6.07) is 16.4.